The summed E-state index contributed by atoms with van der Waals surface area (Å²) in [5.41, 5.74) is 7.49. The average Bonchev–Trinajstić information content (AvgIpc) is 3.24. The van der Waals surface area contributed by atoms with Gasteiger partial charge in [-0.1, -0.05) is 61.0 Å². The quantitative estimate of drug-likeness (QED) is 0.338. The van der Waals surface area contributed by atoms with E-state index in [9.17, 15) is 9.18 Å². The van der Waals surface area contributed by atoms with Crippen LogP contribution in [0.2, 0.25) is 0 Å². The van der Waals surface area contributed by atoms with Gasteiger partial charge in [0.2, 0.25) is 0 Å². The van der Waals surface area contributed by atoms with Gasteiger partial charge >= 0.3 is 0 Å². The summed E-state index contributed by atoms with van der Waals surface area (Å²) in [6, 6.07) is 20.6. The zero-order valence-electron chi connectivity index (χ0n) is 18.3. The lowest BCUT2D eigenvalue weighted by atomic mass is 10.1. The number of fused-ring (bicyclic) bond motifs is 1. The third-order valence-corrected chi connectivity index (χ3v) is 6.36. The second kappa shape index (κ2) is 11.0. The highest BCUT2D eigenvalue weighted by Gasteiger charge is 2.15. The Bertz CT molecular complexity index is 1310. The van der Waals surface area contributed by atoms with Gasteiger partial charge in [0.05, 0.1) is 5.69 Å². The first kappa shape index (κ1) is 22.9. The number of halogens is 1. The maximum absolute atomic E-state index is 14.0. The molecule has 170 valence electrons. The van der Waals surface area contributed by atoms with Crippen LogP contribution in [-0.2, 0) is 13.1 Å². The SMILES string of the molecule is NCCCCCn1c(C(=O)NCc2ccccc2F)csc1=Nc1cccc2ccccc12. The number of nitrogens with one attached hydrogen (secondary N) is 1. The highest BCUT2D eigenvalue weighted by atomic mass is 32.1. The van der Waals surface area contributed by atoms with Gasteiger partial charge in [-0.25, -0.2) is 9.38 Å². The van der Waals surface area contributed by atoms with Crippen LogP contribution in [-0.4, -0.2) is 17.0 Å². The number of rotatable bonds is 9. The van der Waals surface area contributed by atoms with Crippen LogP contribution in [0.3, 0.4) is 0 Å². The molecule has 0 aliphatic heterocycles. The van der Waals surface area contributed by atoms with Gasteiger partial charge < -0.3 is 15.6 Å². The number of amides is 1. The van der Waals surface area contributed by atoms with Crippen molar-refractivity contribution in [3.05, 3.63) is 94.0 Å². The third-order valence-electron chi connectivity index (χ3n) is 5.50. The number of aromatic nitrogens is 1. The Morgan fingerprint density at radius 2 is 1.79 bits per heavy atom. The van der Waals surface area contributed by atoms with Gasteiger partial charge in [-0.2, -0.15) is 0 Å². The predicted octanol–water partition coefficient (Wildman–Crippen LogP) is 5.13. The smallest absolute Gasteiger partial charge is 0.269 e. The summed E-state index contributed by atoms with van der Waals surface area (Å²) >= 11 is 1.43. The van der Waals surface area contributed by atoms with E-state index in [2.05, 4.69) is 23.5 Å². The Morgan fingerprint density at radius 1 is 1.00 bits per heavy atom. The normalized spacial score (nSPS) is 11.8. The Balaban J connectivity index is 1.65. The van der Waals surface area contributed by atoms with Crippen LogP contribution in [0.25, 0.3) is 10.8 Å². The summed E-state index contributed by atoms with van der Waals surface area (Å²) in [5.74, 6) is -0.572. The molecule has 33 heavy (non-hydrogen) atoms. The van der Waals surface area contributed by atoms with Crippen molar-refractivity contribution in [2.24, 2.45) is 10.7 Å². The van der Waals surface area contributed by atoms with E-state index in [0.29, 0.717) is 24.3 Å². The number of carbonyl (C=O) groups excluding carboxylic acids is 1. The van der Waals surface area contributed by atoms with E-state index in [1.54, 1.807) is 18.2 Å². The minimum Gasteiger partial charge on any atom is -0.347 e. The minimum absolute atomic E-state index is 0.129. The first-order valence-electron chi connectivity index (χ1n) is 11.1. The molecule has 0 saturated heterocycles. The molecule has 0 fully saturated rings. The molecule has 0 spiro atoms. The maximum Gasteiger partial charge on any atom is 0.269 e. The molecule has 3 aromatic carbocycles. The summed E-state index contributed by atoms with van der Waals surface area (Å²) in [6.07, 6.45) is 2.81. The number of hydrogen-bond donors (Lipinski definition) is 2. The number of thiazole rings is 1. The van der Waals surface area contributed by atoms with E-state index < -0.39 is 0 Å². The van der Waals surface area contributed by atoms with Crippen LogP contribution in [0.5, 0.6) is 0 Å². The zero-order valence-corrected chi connectivity index (χ0v) is 19.2. The molecule has 5 nitrogen and oxygen atoms in total. The van der Waals surface area contributed by atoms with Crippen LogP contribution in [0, 0.1) is 5.82 Å². The van der Waals surface area contributed by atoms with Gasteiger partial charge in [-0.15, -0.1) is 11.3 Å². The molecule has 0 bridgehead atoms. The average molecular weight is 463 g/mol. The summed E-state index contributed by atoms with van der Waals surface area (Å²) in [7, 11) is 0. The molecule has 7 heteroatoms. The monoisotopic (exact) mass is 462 g/mol. The Labute approximate surface area is 196 Å². The summed E-state index contributed by atoms with van der Waals surface area (Å²) < 4.78 is 15.9. The van der Waals surface area contributed by atoms with Gasteiger partial charge in [0, 0.05) is 29.4 Å². The zero-order chi connectivity index (χ0) is 23.0. The molecule has 0 aliphatic carbocycles. The largest absolute Gasteiger partial charge is 0.347 e. The van der Waals surface area contributed by atoms with E-state index in [1.165, 1.54) is 17.4 Å². The fourth-order valence-corrected chi connectivity index (χ4v) is 4.64. The van der Waals surface area contributed by atoms with Crippen LogP contribution in [0.4, 0.5) is 10.1 Å². The molecule has 4 aromatic rings. The molecule has 0 saturated carbocycles. The van der Waals surface area contributed by atoms with Crippen molar-refractivity contribution in [3.63, 3.8) is 0 Å². The fraction of sp³-hybridized carbons (Fsp3) is 0.231. The van der Waals surface area contributed by atoms with Crippen molar-refractivity contribution in [3.8, 4) is 0 Å². The topological polar surface area (TPSA) is 72.4 Å². The first-order chi connectivity index (χ1) is 16.2. The molecule has 0 aliphatic rings. The standard InChI is InChI=1S/C26H27FN4OS/c27-22-13-5-3-10-20(22)17-29-25(32)24-18-33-26(31(24)16-7-1-6-15-28)30-23-14-8-11-19-9-2-4-12-21(19)23/h2-5,8-14,18H,1,6-7,15-17,28H2,(H,29,32). The van der Waals surface area contributed by atoms with E-state index in [4.69, 9.17) is 10.7 Å². The molecule has 4 rings (SSSR count). The van der Waals surface area contributed by atoms with Crippen LogP contribution in [0.1, 0.15) is 35.3 Å². The molecular formula is C26H27FN4OS. The number of carbonyl (C=O) groups is 1. The number of hydrogen-bond acceptors (Lipinski definition) is 4. The third kappa shape index (κ3) is 5.56. The van der Waals surface area contributed by atoms with Crippen LogP contribution in [0.15, 0.2) is 77.1 Å². The van der Waals surface area contributed by atoms with Crippen molar-refractivity contribution in [2.75, 3.05) is 6.54 Å². The molecule has 1 aromatic heterocycles. The first-order valence-corrected chi connectivity index (χ1v) is 12.0. The molecule has 0 atom stereocenters. The summed E-state index contributed by atoms with van der Waals surface area (Å²) in [4.78, 5) is 18.7. The van der Waals surface area contributed by atoms with Gasteiger partial charge in [-0.3, -0.25) is 4.79 Å². The lowest BCUT2D eigenvalue weighted by Gasteiger charge is -2.10. The second-order valence-electron chi connectivity index (χ2n) is 7.79. The highest BCUT2D eigenvalue weighted by molar-refractivity contribution is 7.07. The van der Waals surface area contributed by atoms with E-state index in [1.807, 2.05) is 34.2 Å². The Hall–Kier alpha value is -3.29. The molecule has 1 amide bonds. The summed E-state index contributed by atoms with van der Waals surface area (Å²) in [6.45, 7) is 1.44. The molecule has 0 unspecified atom stereocenters. The van der Waals surface area contributed by atoms with Gasteiger partial charge in [0.15, 0.2) is 4.80 Å². The summed E-state index contributed by atoms with van der Waals surface area (Å²) in [5, 5.41) is 6.85. The Morgan fingerprint density at radius 3 is 2.64 bits per heavy atom. The van der Waals surface area contributed by atoms with Gasteiger partial charge in [0.1, 0.15) is 11.5 Å². The van der Waals surface area contributed by atoms with Crippen molar-refractivity contribution in [2.45, 2.75) is 32.4 Å². The number of nitrogens with zero attached hydrogens (tertiary/aromatic N) is 2. The van der Waals surface area contributed by atoms with Crippen molar-refractivity contribution >= 4 is 33.7 Å². The van der Waals surface area contributed by atoms with Gasteiger partial charge in [-0.05, 0) is 36.9 Å². The highest BCUT2D eigenvalue weighted by Crippen LogP contribution is 2.25. The number of unbranched alkanes of at least 4 members (excludes halogenated alkanes) is 2. The van der Waals surface area contributed by atoms with Crippen LogP contribution < -0.4 is 15.9 Å². The van der Waals surface area contributed by atoms with Crippen molar-refractivity contribution in [1.29, 1.82) is 0 Å². The second-order valence-corrected chi connectivity index (χ2v) is 8.63. The van der Waals surface area contributed by atoms with E-state index in [-0.39, 0.29) is 18.3 Å². The lowest BCUT2D eigenvalue weighted by Crippen LogP contribution is -2.29. The molecule has 3 N–H and O–H groups in total. The Kier molecular flexibility index (Phi) is 7.65. The van der Waals surface area contributed by atoms with E-state index >= 15 is 0 Å². The molecule has 1 heterocycles. The van der Waals surface area contributed by atoms with Crippen LogP contribution >= 0.6 is 11.3 Å². The maximum atomic E-state index is 14.0. The fourth-order valence-electron chi connectivity index (χ4n) is 3.73. The van der Waals surface area contributed by atoms with Crippen molar-refractivity contribution < 1.29 is 9.18 Å². The molecule has 0 radical (unpaired) electrons. The number of benzene rings is 3. The number of nitrogens with two attached hydrogens (primary N) is 1. The van der Waals surface area contributed by atoms with Crippen molar-refractivity contribution in [1.82, 2.24) is 9.88 Å². The minimum atomic E-state index is -0.329. The predicted molar refractivity (Wildman–Crippen MR) is 132 cm³/mol. The lowest BCUT2D eigenvalue weighted by molar-refractivity contribution is 0.0940. The van der Waals surface area contributed by atoms with E-state index in [0.717, 1.165) is 40.5 Å². The molecular weight excluding hydrogens is 435 g/mol. The van der Waals surface area contributed by atoms with Gasteiger partial charge in [0.25, 0.3) is 5.91 Å².